The standard InChI is InChI=1S/C18H20N2O4/c1-12(2)24-18(23)14-5-7-15(8-6-14)19-16(21)11-20-10-13(3)4-9-17(20)22/h4-10,12H,11H2,1-3H3,(H,19,21). The number of rotatable bonds is 5. The average molecular weight is 328 g/mol. The highest BCUT2D eigenvalue weighted by molar-refractivity contribution is 5.93. The Morgan fingerprint density at radius 3 is 2.42 bits per heavy atom. The number of amides is 1. The lowest BCUT2D eigenvalue weighted by atomic mass is 10.2. The van der Waals surface area contributed by atoms with E-state index < -0.39 is 5.97 Å². The summed E-state index contributed by atoms with van der Waals surface area (Å²) in [5.74, 6) is -0.727. The van der Waals surface area contributed by atoms with E-state index in [1.807, 2.05) is 6.92 Å². The molecule has 6 heteroatoms. The van der Waals surface area contributed by atoms with Gasteiger partial charge in [-0.3, -0.25) is 9.59 Å². The fourth-order valence-electron chi connectivity index (χ4n) is 2.10. The Morgan fingerprint density at radius 2 is 1.79 bits per heavy atom. The van der Waals surface area contributed by atoms with E-state index >= 15 is 0 Å². The number of pyridine rings is 1. The fraction of sp³-hybridized carbons (Fsp3) is 0.278. The summed E-state index contributed by atoms with van der Waals surface area (Å²) in [6.07, 6.45) is 1.44. The third kappa shape index (κ3) is 4.81. The van der Waals surface area contributed by atoms with Gasteiger partial charge in [0.2, 0.25) is 5.91 Å². The lowest BCUT2D eigenvalue weighted by molar-refractivity contribution is -0.116. The number of hydrogen-bond acceptors (Lipinski definition) is 4. The van der Waals surface area contributed by atoms with E-state index in [1.54, 1.807) is 50.4 Å². The minimum absolute atomic E-state index is 0.0718. The van der Waals surface area contributed by atoms with Gasteiger partial charge in [-0.05, 0) is 50.6 Å². The molecule has 1 amide bonds. The number of carbonyl (C=O) groups excluding carboxylic acids is 2. The van der Waals surface area contributed by atoms with Crippen LogP contribution in [0.15, 0.2) is 47.4 Å². The smallest absolute Gasteiger partial charge is 0.338 e. The molecule has 1 heterocycles. The van der Waals surface area contributed by atoms with Crippen LogP contribution in [-0.2, 0) is 16.1 Å². The Balaban J connectivity index is 2.00. The summed E-state index contributed by atoms with van der Waals surface area (Å²) in [4.78, 5) is 35.5. The number of nitrogens with one attached hydrogen (secondary N) is 1. The molecule has 0 aliphatic rings. The maximum absolute atomic E-state index is 12.0. The van der Waals surface area contributed by atoms with E-state index in [9.17, 15) is 14.4 Å². The first-order valence-corrected chi connectivity index (χ1v) is 7.63. The van der Waals surface area contributed by atoms with Crippen LogP contribution in [0.25, 0.3) is 0 Å². The van der Waals surface area contributed by atoms with Gasteiger partial charge in [0.1, 0.15) is 6.54 Å². The van der Waals surface area contributed by atoms with Gasteiger partial charge in [0.05, 0.1) is 11.7 Å². The van der Waals surface area contributed by atoms with Gasteiger partial charge < -0.3 is 14.6 Å². The number of hydrogen-bond donors (Lipinski definition) is 1. The molecule has 1 N–H and O–H groups in total. The Bertz CT molecular complexity index is 791. The van der Waals surface area contributed by atoms with Gasteiger partial charge in [0, 0.05) is 18.0 Å². The molecule has 24 heavy (non-hydrogen) atoms. The van der Waals surface area contributed by atoms with Crippen LogP contribution in [0.3, 0.4) is 0 Å². The van der Waals surface area contributed by atoms with Crippen molar-refractivity contribution < 1.29 is 14.3 Å². The molecular weight excluding hydrogens is 308 g/mol. The van der Waals surface area contributed by atoms with Gasteiger partial charge in [-0.2, -0.15) is 0 Å². The second-order valence-corrected chi connectivity index (χ2v) is 5.75. The summed E-state index contributed by atoms with van der Waals surface area (Å²) < 4.78 is 6.44. The van der Waals surface area contributed by atoms with Gasteiger partial charge in [0.25, 0.3) is 5.56 Å². The summed E-state index contributed by atoms with van der Waals surface area (Å²) >= 11 is 0. The first-order valence-electron chi connectivity index (χ1n) is 7.63. The number of carbonyl (C=O) groups is 2. The van der Waals surface area contributed by atoms with Gasteiger partial charge in [0.15, 0.2) is 0 Å². The topological polar surface area (TPSA) is 77.4 Å². The minimum Gasteiger partial charge on any atom is -0.459 e. The van der Waals surface area contributed by atoms with Gasteiger partial charge in [-0.1, -0.05) is 6.07 Å². The molecule has 0 aliphatic heterocycles. The predicted octanol–water partition coefficient (Wildman–Crippen LogP) is 2.36. The summed E-state index contributed by atoms with van der Waals surface area (Å²) in [6, 6.07) is 9.53. The fourth-order valence-corrected chi connectivity index (χ4v) is 2.10. The molecule has 126 valence electrons. The SMILES string of the molecule is Cc1ccc(=O)n(CC(=O)Nc2ccc(C(=O)OC(C)C)cc2)c1. The van der Waals surface area contributed by atoms with Crippen LogP contribution in [0, 0.1) is 6.92 Å². The predicted molar refractivity (Wildman–Crippen MR) is 91.1 cm³/mol. The zero-order valence-electron chi connectivity index (χ0n) is 13.9. The summed E-state index contributed by atoms with van der Waals surface area (Å²) in [7, 11) is 0. The maximum atomic E-state index is 12.0. The molecule has 0 spiro atoms. The molecule has 0 aliphatic carbocycles. The average Bonchev–Trinajstić information content (AvgIpc) is 2.51. The molecule has 0 radical (unpaired) electrons. The second-order valence-electron chi connectivity index (χ2n) is 5.75. The van der Waals surface area contributed by atoms with Gasteiger partial charge >= 0.3 is 5.97 Å². The monoisotopic (exact) mass is 328 g/mol. The molecule has 0 saturated carbocycles. The molecule has 0 saturated heterocycles. The number of aryl methyl sites for hydroxylation is 1. The first kappa shape index (κ1) is 17.5. The highest BCUT2D eigenvalue weighted by Gasteiger charge is 2.10. The molecule has 0 bridgehead atoms. The molecule has 0 unspecified atom stereocenters. The van der Waals surface area contributed by atoms with Crippen molar-refractivity contribution in [3.63, 3.8) is 0 Å². The lowest BCUT2D eigenvalue weighted by Gasteiger charge is -2.10. The largest absolute Gasteiger partial charge is 0.459 e. The van der Waals surface area contributed by atoms with Crippen molar-refractivity contribution in [2.75, 3.05) is 5.32 Å². The van der Waals surface area contributed by atoms with Crippen LogP contribution in [-0.4, -0.2) is 22.5 Å². The molecule has 1 aromatic heterocycles. The third-order valence-electron chi connectivity index (χ3n) is 3.19. The number of ether oxygens (including phenoxy) is 1. The van der Waals surface area contributed by atoms with E-state index in [4.69, 9.17) is 4.74 Å². The Hall–Kier alpha value is -2.89. The Morgan fingerprint density at radius 1 is 1.12 bits per heavy atom. The van der Waals surface area contributed by atoms with Crippen molar-refractivity contribution in [2.45, 2.75) is 33.4 Å². The third-order valence-corrected chi connectivity index (χ3v) is 3.19. The van der Waals surface area contributed by atoms with Crippen molar-refractivity contribution in [3.8, 4) is 0 Å². The number of nitrogens with zero attached hydrogens (tertiary/aromatic N) is 1. The molecule has 1 aromatic carbocycles. The summed E-state index contributed by atoms with van der Waals surface area (Å²) in [6.45, 7) is 5.33. The van der Waals surface area contributed by atoms with E-state index in [2.05, 4.69) is 5.32 Å². The molecule has 2 aromatic rings. The molecule has 0 fully saturated rings. The van der Waals surface area contributed by atoms with E-state index in [-0.39, 0.29) is 24.1 Å². The van der Waals surface area contributed by atoms with Crippen molar-refractivity contribution in [1.29, 1.82) is 0 Å². The van der Waals surface area contributed by atoms with Crippen LogP contribution in [0.4, 0.5) is 5.69 Å². The Labute approximate surface area is 140 Å². The summed E-state index contributed by atoms with van der Waals surface area (Å²) in [5.41, 5.74) is 1.62. The number of anilines is 1. The molecule has 2 rings (SSSR count). The van der Waals surface area contributed by atoms with Gasteiger partial charge in [-0.15, -0.1) is 0 Å². The zero-order valence-corrected chi connectivity index (χ0v) is 13.9. The number of aromatic nitrogens is 1. The van der Waals surface area contributed by atoms with Crippen LogP contribution in [0.1, 0.15) is 29.8 Å². The highest BCUT2D eigenvalue weighted by Crippen LogP contribution is 2.11. The minimum atomic E-state index is -0.408. The number of benzene rings is 1. The van der Waals surface area contributed by atoms with Crippen molar-refractivity contribution in [3.05, 3.63) is 64.1 Å². The highest BCUT2D eigenvalue weighted by atomic mass is 16.5. The normalized spacial score (nSPS) is 10.5. The zero-order chi connectivity index (χ0) is 17.7. The molecular formula is C18H20N2O4. The quantitative estimate of drug-likeness (QED) is 0.855. The van der Waals surface area contributed by atoms with E-state index in [0.29, 0.717) is 11.3 Å². The number of esters is 1. The van der Waals surface area contributed by atoms with Crippen molar-refractivity contribution >= 4 is 17.6 Å². The van der Waals surface area contributed by atoms with Gasteiger partial charge in [-0.25, -0.2) is 4.79 Å². The van der Waals surface area contributed by atoms with Crippen LogP contribution >= 0.6 is 0 Å². The molecule has 0 atom stereocenters. The second kappa shape index (κ2) is 7.59. The molecule has 6 nitrogen and oxygen atoms in total. The Kier molecular flexibility index (Phi) is 5.52. The first-order chi connectivity index (χ1) is 11.3. The van der Waals surface area contributed by atoms with Crippen LogP contribution < -0.4 is 10.9 Å². The van der Waals surface area contributed by atoms with Crippen LogP contribution in [0.2, 0.25) is 0 Å². The summed E-state index contributed by atoms with van der Waals surface area (Å²) in [5, 5.41) is 2.69. The maximum Gasteiger partial charge on any atom is 0.338 e. The van der Waals surface area contributed by atoms with Crippen molar-refractivity contribution in [2.24, 2.45) is 0 Å². The van der Waals surface area contributed by atoms with E-state index in [0.717, 1.165) is 5.56 Å². The lowest BCUT2D eigenvalue weighted by Crippen LogP contribution is -2.26. The van der Waals surface area contributed by atoms with Crippen molar-refractivity contribution in [1.82, 2.24) is 4.57 Å². The van der Waals surface area contributed by atoms with E-state index in [1.165, 1.54) is 10.6 Å². The van der Waals surface area contributed by atoms with Crippen LogP contribution in [0.5, 0.6) is 0 Å².